The predicted molar refractivity (Wildman–Crippen MR) is 106 cm³/mol. The van der Waals surface area contributed by atoms with Crippen LogP contribution < -0.4 is 5.32 Å². The molecule has 0 aliphatic heterocycles. The number of rotatable bonds is 7. The van der Waals surface area contributed by atoms with Crippen molar-refractivity contribution in [2.75, 3.05) is 18.5 Å². The van der Waals surface area contributed by atoms with Gasteiger partial charge in [0.25, 0.3) is 0 Å². The minimum Gasteiger partial charge on any atom is -0.395 e. The zero-order chi connectivity index (χ0) is 20.9. The van der Waals surface area contributed by atoms with Gasteiger partial charge in [-0.3, -0.25) is 0 Å². The van der Waals surface area contributed by atoms with E-state index in [9.17, 15) is 13.2 Å². The van der Waals surface area contributed by atoms with Gasteiger partial charge in [0.2, 0.25) is 5.95 Å². The molecular weight excluding hydrogens is 403 g/mol. The highest BCUT2D eigenvalue weighted by Crippen LogP contribution is 2.30. The predicted octanol–water partition coefficient (Wildman–Crippen LogP) is 4.73. The van der Waals surface area contributed by atoms with E-state index in [4.69, 9.17) is 16.7 Å². The average Bonchev–Trinajstić information content (AvgIpc) is 2.69. The van der Waals surface area contributed by atoms with E-state index in [2.05, 4.69) is 15.3 Å². The van der Waals surface area contributed by atoms with Crippen molar-refractivity contribution in [3.63, 3.8) is 0 Å². The number of hydrogen-bond acceptors (Lipinski definition) is 4. The molecule has 8 heteroatoms. The topological polar surface area (TPSA) is 58.0 Å². The molecule has 0 bridgehead atoms. The van der Waals surface area contributed by atoms with Crippen LogP contribution in [0.5, 0.6) is 0 Å². The molecule has 1 aromatic heterocycles. The Kier molecular flexibility index (Phi) is 6.71. The van der Waals surface area contributed by atoms with Crippen molar-refractivity contribution in [3.8, 4) is 0 Å². The van der Waals surface area contributed by atoms with Crippen molar-refractivity contribution >= 4 is 17.5 Å². The van der Waals surface area contributed by atoms with Crippen LogP contribution in [0.25, 0.3) is 0 Å². The smallest absolute Gasteiger partial charge is 0.395 e. The second-order valence-electron chi connectivity index (χ2n) is 6.49. The van der Waals surface area contributed by atoms with E-state index >= 15 is 0 Å². The van der Waals surface area contributed by atoms with Gasteiger partial charge in [0.05, 0.1) is 17.9 Å². The van der Waals surface area contributed by atoms with Crippen LogP contribution >= 0.6 is 11.6 Å². The number of hydrogen-bond donors (Lipinski definition) is 2. The molecule has 0 saturated carbocycles. The Balaban J connectivity index is 1.91. The Morgan fingerprint density at radius 3 is 2.45 bits per heavy atom. The zero-order valence-electron chi connectivity index (χ0n) is 15.4. The third-order valence-corrected chi connectivity index (χ3v) is 4.53. The lowest BCUT2D eigenvalue weighted by Gasteiger charge is -2.13. The van der Waals surface area contributed by atoms with Gasteiger partial charge in [-0.25, -0.2) is 9.97 Å². The number of aromatic nitrogens is 2. The molecule has 3 aromatic rings. The maximum Gasteiger partial charge on any atom is 0.416 e. The summed E-state index contributed by atoms with van der Waals surface area (Å²) in [4.78, 5) is 8.73. The van der Waals surface area contributed by atoms with E-state index in [0.29, 0.717) is 35.2 Å². The molecule has 0 spiro atoms. The van der Waals surface area contributed by atoms with Gasteiger partial charge in [0.1, 0.15) is 0 Å². The maximum atomic E-state index is 13.0. The molecule has 4 nitrogen and oxygen atoms in total. The lowest BCUT2D eigenvalue weighted by molar-refractivity contribution is -0.137. The number of alkyl halides is 3. The second kappa shape index (κ2) is 9.24. The SMILES string of the molecule is OCCNc1ncc(Cc2cccc(C(F)(F)F)c2)c(Cc2ccc(Cl)cc2)n1. The zero-order valence-corrected chi connectivity index (χ0v) is 16.1. The first-order valence-electron chi connectivity index (χ1n) is 8.95. The normalized spacial score (nSPS) is 11.5. The number of anilines is 1. The maximum absolute atomic E-state index is 13.0. The van der Waals surface area contributed by atoms with E-state index in [1.807, 2.05) is 12.1 Å². The molecule has 0 unspecified atom stereocenters. The van der Waals surface area contributed by atoms with E-state index < -0.39 is 11.7 Å². The molecule has 0 aliphatic rings. The summed E-state index contributed by atoms with van der Waals surface area (Å²) in [6.07, 6.45) is -2.04. The first-order valence-corrected chi connectivity index (χ1v) is 9.33. The van der Waals surface area contributed by atoms with E-state index in [1.165, 1.54) is 6.07 Å². The molecule has 0 aliphatic carbocycles. The third-order valence-electron chi connectivity index (χ3n) is 4.28. The van der Waals surface area contributed by atoms with Gasteiger partial charge in [0, 0.05) is 30.6 Å². The summed E-state index contributed by atoms with van der Waals surface area (Å²) in [5, 5.41) is 12.5. The standard InChI is InChI=1S/C21H19ClF3N3O/c22-18-6-4-14(5-7-18)12-19-16(13-27-20(28-19)26-8-9-29)10-15-2-1-3-17(11-15)21(23,24)25/h1-7,11,13,29H,8-10,12H2,(H,26,27,28). The van der Waals surface area contributed by atoms with Gasteiger partial charge < -0.3 is 10.4 Å². The van der Waals surface area contributed by atoms with Gasteiger partial charge >= 0.3 is 6.18 Å². The molecule has 29 heavy (non-hydrogen) atoms. The highest BCUT2D eigenvalue weighted by Gasteiger charge is 2.30. The fourth-order valence-electron chi connectivity index (χ4n) is 2.87. The third kappa shape index (κ3) is 5.92. The van der Waals surface area contributed by atoms with E-state index in [0.717, 1.165) is 23.3 Å². The summed E-state index contributed by atoms with van der Waals surface area (Å²) >= 11 is 5.94. The first kappa shape index (κ1) is 21.1. The summed E-state index contributed by atoms with van der Waals surface area (Å²) < 4.78 is 39.0. The second-order valence-corrected chi connectivity index (χ2v) is 6.93. The number of aliphatic hydroxyl groups excluding tert-OH is 1. The van der Waals surface area contributed by atoms with Gasteiger partial charge in [-0.05, 0) is 34.9 Å². The van der Waals surface area contributed by atoms with Gasteiger partial charge in [-0.2, -0.15) is 13.2 Å². The molecule has 2 N–H and O–H groups in total. The summed E-state index contributed by atoms with van der Waals surface area (Å²) in [5.74, 6) is 0.357. The number of nitrogens with zero attached hydrogens (tertiary/aromatic N) is 2. The molecule has 152 valence electrons. The molecule has 3 rings (SSSR count). The van der Waals surface area contributed by atoms with Crippen LogP contribution in [0.2, 0.25) is 5.02 Å². The summed E-state index contributed by atoms with van der Waals surface area (Å²) in [5.41, 5.74) is 2.23. The molecule has 0 amide bonds. The van der Waals surface area contributed by atoms with Crippen molar-refractivity contribution in [1.29, 1.82) is 0 Å². The van der Waals surface area contributed by atoms with Gasteiger partial charge in [-0.1, -0.05) is 41.9 Å². The lowest BCUT2D eigenvalue weighted by atomic mass is 9.99. The number of halogens is 4. The van der Waals surface area contributed by atoms with Crippen LogP contribution in [0.4, 0.5) is 19.1 Å². The lowest BCUT2D eigenvalue weighted by Crippen LogP contribution is -2.11. The van der Waals surface area contributed by atoms with Crippen molar-refractivity contribution < 1.29 is 18.3 Å². The van der Waals surface area contributed by atoms with Crippen LogP contribution in [0.1, 0.15) is 27.9 Å². The largest absolute Gasteiger partial charge is 0.416 e. The summed E-state index contributed by atoms with van der Waals surface area (Å²) in [6, 6.07) is 12.5. The monoisotopic (exact) mass is 421 g/mol. The molecule has 0 fully saturated rings. The van der Waals surface area contributed by atoms with Crippen LogP contribution in [0.3, 0.4) is 0 Å². The minimum absolute atomic E-state index is 0.0676. The highest BCUT2D eigenvalue weighted by atomic mass is 35.5. The molecule has 1 heterocycles. The van der Waals surface area contributed by atoms with Crippen LogP contribution in [0, 0.1) is 0 Å². The highest BCUT2D eigenvalue weighted by molar-refractivity contribution is 6.30. The van der Waals surface area contributed by atoms with Crippen molar-refractivity contribution in [3.05, 3.63) is 87.7 Å². The molecular formula is C21H19ClF3N3O. The number of nitrogens with one attached hydrogen (secondary N) is 1. The van der Waals surface area contributed by atoms with Gasteiger partial charge in [0.15, 0.2) is 0 Å². The molecule has 0 radical (unpaired) electrons. The Bertz CT molecular complexity index is 962. The van der Waals surface area contributed by atoms with Crippen LogP contribution in [-0.4, -0.2) is 28.2 Å². The molecule has 0 atom stereocenters. The quantitative estimate of drug-likeness (QED) is 0.579. The number of aliphatic hydroxyl groups is 1. The van der Waals surface area contributed by atoms with Crippen LogP contribution in [-0.2, 0) is 19.0 Å². The fraction of sp³-hybridized carbons (Fsp3) is 0.238. The summed E-state index contributed by atoms with van der Waals surface area (Å²) in [6.45, 7) is 0.231. The Hall–Kier alpha value is -2.64. The molecule has 2 aromatic carbocycles. The first-order chi connectivity index (χ1) is 13.8. The van der Waals surface area contributed by atoms with Crippen molar-refractivity contribution in [2.45, 2.75) is 19.0 Å². The van der Waals surface area contributed by atoms with Crippen LogP contribution in [0.15, 0.2) is 54.7 Å². The fourth-order valence-corrected chi connectivity index (χ4v) is 2.99. The molecule has 0 saturated heterocycles. The van der Waals surface area contributed by atoms with Crippen molar-refractivity contribution in [1.82, 2.24) is 9.97 Å². The average molecular weight is 422 g/mol. The number of benzene rings is 2. The Labute approximate surface area is 171 Å². The van der Waals surface area contributed by atoms with E-state index in [1.54, 1.807) is 24.4 Å². The summed E-state index contributed by atoms with van der Waals surface area (Å²) in [7, 11) is 0. The minimum atomic E-state index is -4.39. The van der Waals surface area contributed by atoms with Gasteiger partial charge in [-0.15, -0.1) is 0 Å². The van der Waals surface area contributed by atoms with E-state index in [-0.39, 0.29) is 13.0 Å². The Morgan fingerprint density at radius 2 is 1.76 bits per heavy atom. The Morgan fingerprint density at radius 1 is 1.00 bits per heavy atom. The van der Waals surface area contributed by atoms with Crippen molar-refractivity contribution in [2.24, 2.45) is 0 Å².